The van der Waals surface area contributed by atoms with Gasteiger partial charge in [-0.3, -0.25) is 14.6 Å². The Bertz CT molecular complexity index is 1020. The number of pyridine rings is 1. The van der Waals surface area contributed by atoms with Crippen LogP contribution in [0.15, 0.2) is 73.1 Å². The zero-order valence-corrected chi connectivity index (χ0v) is 18.3. The van der Waals surface area contributed by atoms with Gasteiger partial charge in [-0.25, -0.2) is 0 Å². The Kier molecular flexibility index (Phi) is 8.80. The van der Waals surface area contributed by atoms with Crippen LogP contribution in [0.2, 0.25) is 0 Å². The summed E-state index contributed by atoms with van der Waals surface area (Å²) in [6.07, 6.45) is 7.48. The van der Waals surface area contributed by atoms with Gasteiger partial charge in [0.1, 0.15) is 18.1 Å². The molecule has 0 saturated heterocycles. The summed E-state index contributed by atoms with van der Waals surface area (Å²) in [6.45, 7) is 3.12. The smallest absolute Gasteiger partial charge is 0.296 e. The van der Waals surface area contributed by atoms with Crippen molar-refractivity contribution in [1.29, 1.82) is 0 Å². The Hall–Kier alpha value is -3.67. The summed E-state index contributed by atoms with van der Waals surface area (Å²) in [5.74, 6) is -0.144. The zero-order valence-electron chi connectivity index (χ0n) is 18.3. The number of Topliss-reactive ketones (excluding diaryl/α,β-unsaturated/α-hetero) is 1. The molecule has 1 N–H and O–H groups in total. The molecule has 0 bridgehead atoms. The van der Waals surface area contributed by atoms with Crippen molar-refractivity contribution in [3.8, 4) is 11.5 Å². The molecule has 0 fully saturated rings. The van der Waals surface area contributed by atoms with Crippen molar-refractivity contribution in [1.82, 2.24) is 4.98 Å². The number of carbonyl (C=O) groups is 2. The maximum Gasteiger partial charge on any atom is 0.296 e. The van der Waals surface area contributed by atoms with Crippen LogP contribution in [0.3, 0.4) is 0 Å². The van der Waals surface area contributed by atoms with E-state index in [4.69, 9.17) is 9.47 Å². The largest absolute Gasteiger partial charge is 0.493 e. The van der Waals surface area contributed by atoms with E-state index in [1.54, 1.807) is 36.5 Å². The number of hydrogen-bond donors (Lipinski definition) is 1. The fraction of sp³-hybridized carbons (Fsp3) is 0.269. The molecule has 0 unspecified atom stereocenters. The number of benzene rings is 2. The lowest BCUT2D eigenvalue weighted by Gasteiger charge is -2.15. The van der Waals surface area contributed by atoms with E-state index in [0.717, 1.165) is 24.2 Å². The first-order valence-corrected chi connectivity index (χ1v) is 10.9. The first kappa shape index (κ1) is 23.0. The Morgan fingerprint density at radius 2 is 1.66 bits per heavy atom. The minimum atomic E-state index is -0.745. The van der Waals surface area contributed by atoms with Crippen LogP contribution in [0.5, 0.6) is 11.5 Å². The summed E-state index contributed by atoms with van der Waals surface area (Å²) < 4.78 is 11.9. The average molecular weight is 433 g/mol. The molecule has 1 heterocycles. The van der Waals surface area contributed by atoms with E-state index >= 15 is 0 Å². The zero-order chi connectivity index (χ0) is 22.6. The predicted octanol–water partition coefficient (Wildman–Crippen LogP) is 5.44. The maximum atomic E-state index is 12.4. The van der Waals surface area contributed by atoms with E-state index in [2.05, 4.69) is 17.2 Å². The van der Waals surface area contributed by atoms with Crippen molar-refractivity contribution in [2.45, 2.75) is 39.2 Å². The van der Waals surface area contributed by atoms with Crippen molar-refractivity contribution in [2.24, 2.45) is 0 Å². The average Bonchev–Trinajstić information content (AvgIpc) is 2.84. The number of amides is 1. The minimum absolute atomic E-state index is 0.230. The van der Waals surface area contributed by atoms with Crippen LogP contribution in [0.1, 0.15) is 48.5 Å². The third-order valence-electron chi connectivity index (χ3n) is 4.88. The van der Waals surface area contributed by atoms with Crippen LogP contribution in [0.25, 0.3) is 0 Å². The molecule has 0 radical (unpaired) electrons. The predicted molar refractivity (Wildman–Crippen MR) is 124 cm³/mol. The van der Waals surface area contributed by atoms with Crippen LogP contribution in [-0.2, 0) is 11.4 Å². The second kappa shape index (κ2) is 12.2. The molecule has 0 aliphatic carbocycles. The van der Waals surface area contributed by atoms with Gasteiger partial charge >= 0.3 is 0 Å². The van der Waals surface area contributed by atoms with E-state index in [1.165, 1.54) is 19.0 Å². The first-order chi connectivity index (χ1) is 15.7. The van der Waals surface area contributed by atoms with E-state index in [1.807, 2.05) is 30.3 Å². The molecule has 0 aliphatic heterocycles. The van der Waals surface area contributed by atoms with E-state index in [9.17, 15) is 9.59 Å². The fourth-order valence-corrected chi connectivity index (χ4v) is 3.13. The van der Waals surface area contributed by atoms with Crippen molar-refractivity contribution >= 4 is 17.4 Å². The van der Waals surface area contributed by atoms with Gasteiger partial charge in [0.25, 0.3) is 11.7 Å². The summed E-state index contributed by atoms with van der Waals surface area (Å²) in [6, 6.07) is 17.9. The molecule has 32 heavy (non-hydrogen) atoms. The first-order valence-electron chi connectivity index (χ1n) is 10.9. The Morgan fingerprint density at radius 3 is 2.44 bits per heavy atom. The number of unbranched alkanes of at least 4 members (excludes halogenated alkanes) is 3. The normalized spacial score (nSPS) is 10.4. The van der Waals surface area contributed by atoms with Crippen LogP contribution in [0.4, 0.5) is 5.69 Å². The highest BCUT2D eigenvalue weighted by Crippen LogP contribution is 2.27. The number of nitrogens with zero attached hydrogens (tertiary/aromatic N) is 1. The van der Waals surface area contributed by atoms with Crippen LogP contribution < -0.4 is 14.8 Å². The number of ketones is 1. The third-order valence-corrected chi connectivity index (χ3v) is 4.88. The molecule has 6 nitrogen and oxygen atoms in total. The monoisotopic (exact) mass is 432 g/mol. The SMILES string of the molecule is CCCCCCOc1ccccc1COc1ccccc1NC(=O)C(=O)c1cccnc1. The number of hydrogen-bond acceptors (Lipinski definition) is 5. The number of rotatable bonds is 12. The second-order valence-electron chi connectivity index (χ2n) is 7.33. The number of aromatic nitrogens is 1. The summed E-state index contributed by atoms with van der Waals surface area (Å²) in [7, 11) is 0. The van der Waals surface area contributed by atoms with Gasteiger partial charge in [0.15, 0.2) is 0 Å². The van der Waals surface area contributed by atoms with Gasteiger partial charge in [0.2, 0.25) is 0 Å². The molecule has 3 rings (SSSR count). The molecule has 3 aromatic rings. The van der Waals surface area contributed by atoms with Crippen LogP contribution in [0, 0.1) is 0 Å². The molecule has 0 saturated carbocycles. The Morgan fingerprint density at radius 1 is 0.875 bits per heavy atom. The summed E-state index contributed by atoms with van der Waals surface area (Å²) in [5.41, 5.74) is 1.57. The Balaban J connectivity index is 1.62. The molecule has 2 aromatic carbocycles. The number of anilines is 1. The molecule has 0 atom stereocenters. The van der Waals surface area contributed by atoms with Gasteiger partial charge < -0.3 is 14.8 Å². The fourth-order valence-electron chi connectivity index (χ4n) is 3.13. The van der Waals surface area contributed by atoms with Gasteiger partial charge in [-0.1, -0.05) is 56.5 Å². The topological polar surface area (TPSA) is 77.5 Å². The van der Waals surface area contributed by atoms with Crippen molar-refractivity contribution in [3.63, 3.8) is 0 Å². The van der Waals surface area contributed by atoms with Gasteiger partial charge in [0, 0.05) is 23.5 Å². The third kappa shape index (κ3) is 6.67. The molecule has 0 aliphatic rings. The molecule has 6 heteroatoms. The van der Waals surface area contributed by atoms with Crippen molar-refractivity contribution < 1.29 is 19.1 Å². The lowest BCUT2D eigenvalue weighted by molar-refractivity contribution is -0.112. The minimum Gasteiger partial charge on any atom is -0.493 e. The van der Waals surface area contributed by atoms with Gasteiger partial charge in [-0.05, 0) is 36.8 Å². The molecule has 1 aromatic heterocycles. The molecule has 1 amide bonds. The van der Waals surface area contributed by atoms with Crippen molar-refractivity contribution in [2.75, 3.05) is 11.9 Å². The summed E-state index contributed by atoms with van der Waals surface area (Å²) in [4.78, 5) is 28.6. The van der Waals surface area contributed by atoms with E-state index in [0.29, 0.717) is 18.0 Å². The molecular formula is C26H28N2O4. The highest BCUT2D eigenvalue weighted by molar-refractivity contribution is 6.46. The van der Waals surface area contributed by atoms with E-state index < -0.39 is 11.7 Å². The number of nitrogens with one attached hydrogen (secondary N) is 1. The highest BCUT2D eigenvalue weighted by atomic mass is 16.5. The number of carbonyl (C=O) groups excluding carboxylic acids is 2. The van der Waals surface area contributed by atoms with Gasteiger partial charge in [0.05, 0.1) is 12.3 Å². The van der Waals surface area contributed by atoms with Crippen LogP contribution >= 0.6 is 0 Å². The van der Waals surface area contributed by atoms with Crippen LogP contribution in [-0.4, -0.2) is 23.3 Å². The quantitative estimate of drug-likeness (QED) is 0.234. The number of ether oxygens (including phenoxy) is 2. The maximum absolute atomic E-state index is 12.4. The Labute approximate surface area is 188 Å². The second-order valence-corrected chi connectivity index (χ2v) is 7.33. The van der Waals surface area contributed by atoms with E-state index in [-0.39, 0.29) is 12.2 Å². The molecular weight excluding hydrogens is 404 g/mol. The lowest BCUT2D eigenvalue weighted by Crippen LogP contribution is -2.23. The van der Waals surface area contributed by atoms with Crippen molar-refractivity contribution in [3.05, 3.63) is 84.2 Å². The summed E-state index contributed by atoms with van der Waals surface area (Å²) in [5, 5.41) is 2.64. The van der Waals surface area contributed by atoms with Gasteiger partial charge in [-0.2, -0.15) is 0 Å². The summed E-state index contributed by atoms with van der Waals surface area (Å²) >= 11 is 0. The standard InChI is InChI=1S/C26H28N2O4/c1-2-3-4-9-17-31-23-14-7-5-11-21(23)19-32-24-15-8-6-13-22(24)28-26(30)25(29)20-12-10-16-27-18-20/h5-8,10-16,18H,2-4,9,17,19H2,1H3,(H,28,30). The van der Waals surface area contributed by atoms with Gasteiger partial charge in [-0.15, -0.1) is 0 Å². The molecule has 166 valence electrons. The number of para-hydroxylation sites is 3. The lowest BCUT2D eigenvalue weighted by atomic mass is 10.2. The molecule has 0 spiro atoms. The highest BCUT2D eigenvalue weighted by Gasteiger charge is 2.18.